The highest BCUT2D eigenvalue weighted by Gasteiger charge is 2.18. The third kappa shape index (κ3) is 4.99. The number of hydrogen-bond acceptors (Lipinski definition) is 5. The minimum atomic E-state index is -0.348. The lowest BCUT2D eigenvalue weighted by Crippen LogP contribution is -2.13. The molecular weight excluding hydrogens is 438 g/mol. The standard InChI is InChI=1S/C19H21BrClNO5/c1-5-6-27-18-12(20)7-11(8-17(18)26-4)19(23)22-14-10-15(24-2)13(21)9-16(14)25-3/h7-10H,5-6H2,1-4H3,(H,22,23). The summed E-state index contributed by atoms with van der Waals surface area (Å²) in [5.41, 5.74) is 0.823. The summed E-state index contributed by atoms with van der Waals surface area (Å²) in [7, 11) is 4.51. The summed E-state index contributed by atoms with van der Waals surface area (Å²) in [5.74, 6) is 1.52. The largest absolute Gasteiger partial charge is 0.495 e. The van der Waals surface area contributed by atoms with E-state index in [1.54, 1.807) is 24.3 Å². The van der Waals surface area contributed by atoms with Crippen molar-refractivity contribution in [2.45, 2.75) is 13.3 Å². The van der Waals surface area contributed by atoms with Crippen LogP contribution in [0, 0.1) is 0 Å². The van der Waals surface area contributed by atoms with E-state index >= 15 is 0 Å². The van der Waals surface area contributed by atoms with Crippen molar-refractivity contribution in [2.75, 3.05) is 33.3 Å². The average molecular weight is 459 g/mol. The number of methoxy groups -OCH3 is 3. The Bertz CT molecular complexity index is 828. The second-order valence-corrected chi connectivity index (χ2v) is 6.74. The minimum absolute atomic E-state index is 0.348. The lowest BCUT2D eigenvalue weighted by molar-refractivity contribution is 0.102. The second-order valence-electron chi connectivity index (χ2n) is 5.48. The van der Waals surface area contributed by atoms with Gasteiger partial charge in [0.05, 0.1) is 43.1 Å². The van der Waals surface area contributed by atoms with Gasteiger partial charge in [0.25, 0.3) is 5.91 Å². The van der Waals surface area contributed by atoms with Gasteiger partial charge in [-0.25, -0.2) is 0 Å². The smallest absolute Gasteiger partial charge is 0.255 e. The number of anilines is 1. The molecule has 8 heteroatoms. The Balaban J connectivity index is 2.35. The van der Waals surface area contributed by atoms with Crippen LogP contribution in [0.25, 0.3) is 0 Å². The van der Waals surface area contributed by atoms with Gasteiger partial charge in [-0.2, -0.15) is 0 Å². The summed E-state index contributed by atoms with van der Waals surface area (Å²) >= 11 is 9.53. The van der Waals surface area contributed by atoms with Gasteiger partial charge >= 0.3 is 0 Å². The first kappa shape index (κ1) is 21.2. The van der Waals surface area contributed by atoms with Crippen LogP contribution >= 0.6 is 27.5 Å². The predicted octanol–water partition coefficient (Wildman–Crippen LogP) is 5.17. The predicted molar refractivity (Wildman–Crippen MR) is 109 cm³/mol. The number of amides is 1. The maximum absolute atomic E-state index is 12.8. The molecule has 0 fully saturated rings. The van der Waals surface area contributed by atoms with E-state index in [0.29, 0.717) is 50.4 Å². The van der Waals surface area contributed by atoms with E-state index < -0.39 is 0 Å². The van der Waals surface area contributed by atoms with Gasteiger partial charge in [0.1, 0.15) is 11.5 Å². The Morgan fingerprint density at radius 1 is 1.04 bits per heavy atom. The van der Waals surface area contributed by atoms with E-state index in [2.05, 4.69) is 21.2 Å². The molecule has 0 saturated carbocycles. The first-order valence-electron chi connectivity index (χ1n) is 8.18. The van der Waals surface area contributed by atoms with Crippen molar-refractivity contribution in [2.24, 2.45) is 0 Å². The van der Waals surface area contributed by atoms with Crippen molar-refractivity contribution in [3.63, 3.8) is 0 Å². The van der Waals surface area contributed by atoms with Gasteiger partial charge in [0.15, 0.2) is 11.5 Å². The van der Waals surface area contributed by atoms with Crippen LogP contribution in [0.15, 0.2) is 28.7 Å². The van der Waals surface area contributed by atoms with Crippen LogP contribution in [-0.2, 0) is 0 Å². The molecule has 2 aromatic rings. The minimum Gasteiger partial charge on any atom is -0.495 e. The molecule has 1 N–H and O–H groups in total. The van der Waals surface area contributed by atoms with Crippen molar-refractivity contribution in [3.8, 4) is 23.0 Å². The zero-order valence-electron chi connectivity index (χ0n) is 15.5. The second kappa shape index (κ2) is 9.71. The maximum Gasteiger partial charge on any atom is 0.255 e. The Morgan fingerprint density at radius 3 is 2.30 bits per heavy atom. The Hall–Kier alpha value is -2.12. The molecule has 27 heavy (non-hydrogen) atoms. The molecule has 0 saturated heterocycles. The Morgan fingerprint density at radius 2 is 1.70 bits per heavy atom. The van der Waals surface area contributed by atoms with Crippen molar-refractivity contribution < 1.29 is 23.7 Å². The molecule has 0 aromatic heterocycles. The first-order chi connectivity index (χ1) is 12.9. The summed E-state index contributed by atoms with van der Waals surface area (Å²) < 4.78 is 22.2. The Labute approximate surface area is 171 Å². The number of carbonyl (C=O) groups is 1. The summed E-state index contributed by atoms with van der Waals surface area (Å²) in [4.78, 5) is 12.8. The molecule has 0 atom stereocenters. The van der Waals surface area contributed by atoms with Gasteiger partial charge < -0.3 is 24.3 Å². The normalized spacial score (nSPS) is 10.3. The van der Waals surface area contributed by atoms with E-state index in [9.17, 15) is 4.79 Å². The highest BCUT2D eigenvalue weighted by atomic mass is 79.9. The molecule has 0 bridgehead atoms. The number of rotatable bonds is 8. The van der Waals surface area contributed by atoms with Crippen molar-refractivity contribution in [1.29, 1.82) is 0 Å². The van der Waals surface area contributed by atoms with Crippen LogP contribution < -0.4 is 24.3 Å². The zero-order valence-corrected chi connectivity index (χ0v) is 17.9. The number of hydrogen-bond donors (Lipinski definition) is 1. The number of nitrogens with one attached hydrogen (secondary N) is 1. The van der Waals surface area contributed by atoms with Gasteiger partial charge in [-0.3, -0.25) is 4.79 Å². The highest BCUT2D eigenvalue weighted by Crippen LogP contribution is 2.38. The van der Waals surface area contributed by atoms with Gasteiger partial charge in [-0.05, 0) is 34.5 Å². The molecule has 0 spiro atoms. The summed E-state index contributed by atoms with van der Waals surface area (Å²) in [6.45, 7) is 2.55. The molecule has 2 aromatic carbocycles. The third-order valence-electron chi connectivity index (χ3n) is 3.66. The molecule has 0 heterocycles. The molecule has 0 aliphatic carbocycles. The molecular formula is C19H21BrClNO5. The van der Waals surface area contributed by atoms with Crippen LogP contribution in [0.5, 0.6) is 23.0 Å². The molecule has 146 valence electrons. The number of carbonyl (C=O) groups excluding carboxylic acids is 1. The molecule has 0 aliphatic rings. The fraction of sp³-hybridized carbons (Fsp3) is 0.316. The number of ether oxygens (including phenoxy) is 4. The summed E-state index contributed by atoms with van der Waals surface area (Å²) in [6.07, 6.45) is 0.857. The average Bonchev–Trinajstić information content (AvgIpc) is 2.67. The van der Waals surface area contributed by atoms with E-state index in [1.807, 2.05) is 6.92 Å². The molecule has 2 rings (SSSR count). The van der Waals surface area contributed by atoms with Crippen molar-refractivity contribution in [1.82, 2.24) is 0 Å². The van der Waals surface area contributed by atoms with Gasteiger partial charge in [0, 0.05) is 17.7 Å². The highest BCUT2D eigenvalue weighted by molar-refractivity contribution is 9.10. The zero-order chi connectivity index (χ0) is 20.0. The van der Waals surface area contributed by atoms with Gasteiger partial charge in [-0.1, -0.05) is 18.5 Å². The van der Waals surface area contributed by atoms with Crippen LogP contribution in [-0.4, -0.2) is 33.8 Å². The van der Waals surface area contributed by atoms with Crippen LogP contribution in [0.3, 0.4) is 0 Å². The molecule has 0 radical (unpaired) electrons. The Kier molecular flexibility index (Phi) is 7.62. The van der Waals surface area contributed by atoms with Crippen LogP contribution in [0.4, 0.5) is 5.69 Å². The number of benzene rings is 2. The van der Waals surface area contributed by atoms with Crippen molar-refractivity contribution in [3.05, 3.63) is 39.3 Å². The van der Waals surface area contributed by atoms with E-state index in [0.717, 1.165) is 6.42 Å². The van der Waals surface area contributed by atoms with Gasteiger partial charge in [-0.15, -0.1) is 0 Å². The fourth-order valence-corrected chi connectivity index (χ4v) is 3.14. The number of halogens is 2. The monoisotopic (exact) mass is 457 g/mol. The van der Waals surface area contributed by atoms with E-state index in [4.69, 9.17) is 30.5 Å². The molecule has 0 aliphatic heterocycles. The van der Waals surface area contributed by atoms with Crippen LogP contribution in [0.2, 0.25) is 5.02 Å². The fourth-order valence-electron chi connectivity index (χ4n) is 2.35. The van der Waals surface area contributed by atoms with Crippen LogP contribution in [0.1, 0.15) is 23.7 Å². The lowest BCUT2D eigenvalue weighted by Gasteiger charge is -2.15. The topological polar surface area (TPSA) is 66.0 Å². The maximum atomic E-state index is 12.8. The van der Waals surface area contributed by atoms with Crippen molar-refractivity contribution >= 4 is 39.1 Å². The van der Waals surface area contributed by atoms with E-state index in [1.165, 1.54) is 21.3 Å². The van der Waals surface area contributed by atoms with E-state index in [-0.39, 0.29) is 5.91 Å². The first-order valence-corrected chi connectivity index (χ1v) is 9.35. The third-order valence-corrected chi connectivity index (χ3v) is 4.55. The lowest BCUT2D eigenvalue weighted by atomic mass is 10.1. The summed E-state index contributed by atoms with van der Waals surface area (Å²) in [6, 6.07) is 6.46. The molecule has 1 amide bonds. The SMILES string of the molecule is CCCOc1c(Br)cc(C(=O)Nc2cc(OC)c(Cl)cc2OC)cc1OC. The molecule has 6 nitrogen and oxygen atoms in total. The van der Waals surface area contributed by atoms with Gasteiger partial charge in [0.2, 0.25) is 0 Å². The summed E-state index contributed by atoms with van der Waals surface area (Å²) in [5, 5.41) is 3.18. The quantitative estimate of drug-likeness (QED) is 0.591. The molecule has 0 unspecified atom stereocenters.